The summed E-state index contributed by atoms with van der Waals surface area (Å²) in [7, 11) is 0. The van der Waals surface area contributed by atoms with Gasteiger partial charge >= 0.3 is 12.3 Å². The van der Waals surface area contributed by atoms with Crippen LogP contribution in [0, 0.1) is 11.8 Å². The molecule has 0 aromatic carbocycles. The van der Waals surface area contributed by atoms with Crippen molar-refractivity contribution in [3.05, 3.63) is 18.0 Å². The molecule has 7 nitrogen and oxygen atoms in total. The first-order chi connectivity index (χ1) is 11.6. The Balaban J connectivity index is 2.26. The summed E-state index contributed by atoms with van der Waals surface area (Å²) < 4.78 is 38.6. The number of carbonyl (C=O) groups is 1. The molecular weight excluding hydrogens is 341 g/mol. The largest absolute Gasteiger partial charge is 0.465 e. The van der Waals surface area contributed by atoms with Crippen molar-refractivity contribution in [2.24, 2.45) is 0 Å². The minimum Gasteiger partial charge on any atom is -0.465 e. The molecule has 0 saturated carbocycles. The van der Waals surface area contributed by atoms with Crippen LogP contribution in [-0.2, 0) is 5.60 Å². The van der Waals surface area contributed by atoms with Crippen molar-refractivity contribution in [3.63, 3.8) is 0 Å². The summed E-state index contributed by atoms with van der Waals surface area (Å²) in [6.45, 7) is 2.79. The van der Waals surface area contributed by atoms with Crippen LogP contribution in [0.5, 0.6) is 0 Å². The maximum absolute atomic E-state index is 12.9. The topological polar surface area (TPSA) is 89.8 Å². The van der Waals surface area contributed by atoms with E-state index in [2.05, 4.69) is 21.8 Å². The molecule has 0 unspecified atom stereocenters. The molecule has 1 saturated heterocycles. The predicted molar refractivity (Wildman–Crippen MR) is 81.8 cm³/mol. The fraction of sp³-hybridized carbons (Fsp3) is 0.533. The summed E-state index contributed by atoms with van der Waals surface area (Å²) in [5.74, 6) is 5.67. The molecule has 2 atom stereocenters. The Bertz CT molecular complexity index is 695. The first kappa shape index (κ1) is 18.8. The zero-order valence-electron chi connectivity index (χ0n) is 13.6. The molecule has 0 spiro atoms. The fourth-order valence-electron chi connectivity index (χ4n) is 2.37. The highest BCUT2D eigenvalue weighted by atomic mass is 19.4. The molecule has 2 rings (SSSR count). The number of rotatable bonds is 2. The Morgan fingerprint density at radius 1 is 1.32 bits per heavy atom. The standard InChI is InChI=1S/C15H17F3N4O3/c1-3-4-11-9-21(13(23)24)5-6-22(11)12-19-7-10(8-20-12)14(2,25)15(16,17)18/h7-8,11,25H,5-6,9H2,1-2H3,(H,23,24)/t11-,14+/m0/s1. The Labute approximate surface area is 142 Å². The van der Waals surface area contributed by atoms with Crippen molar-refractivity contribution in [1.29, 1.82) is 0 Å². The summed E-state index contributed by atoms with van der Waals surface area (Å²) in [5.41, 5.74) is -3.54. The molecule has 1 amide bonds. The van der Waals surface area contributed by atoms with Gasteiger partial charge in [-0.1, -0.05) is 5.92 Å². The van der Waals surface area contributed by atoms with Crippen molar-refractivity contribution in [2.45, 2.75) is 31.7 Å². The normalized spacial score (nSPS) is 20.5. The van der Waals surface area contributed by atoms with Crippen LogP contribution in [-0.4, -0.2) is 63.0 Å². The van der Waals surface area contributed by atoms with E-state index in [0.29, 0.717) is 6.92 Å². The van der Waals surface area contributed by atoms with Gasteiger partial charge in [-0.15, -0.1) is 5.92 Å². The van der Waals surface area contributed by atoms with Gasteiger partial charge in [-0.3, -0.25) is 0 Å². The smallest absolute Gasteiger partial charge is 0.421 e. The number of carboxylic acid groups (broad SMARTS) is 1. The van der Waals surface area contributed by atoms with Crippen molar-refractivity contribution in [1.82, 2.24) is 14.9 Å². The van der Waals surface area contributed by atoms with Crippen LogP contribution in [0.4, 0.5) is 23.9 Å². The Morgan fingerprint density at radius 3 is 2.40 bits per heavy atom. The van der Waals surface area contributed by atoms with Crippen LogP contribution >= 0.6 is 0 Å². The Morgan fingerprint density at radius 2 is 1.92 bits per heavy atom. The van der Waals surface area contributed by atoms with Crippen LogP contribution < -0.4 is 4.90 Å². The SMILES string of the molecule is CC#C[C@H]1CN(C(=O)O)CCN1c1ncc([C@@](C)(O)C(F)(F)F)cn1. The van der Waals surface area contributed by atoms with E-state index in [1.54, 1.807) is 11.8 Å². The van der Waals surface area contributed by atoms with Gasteiger partial charge in [0.15, 0.2) is 5.60 Å². The van der Waals surface area contributed by atoms with E-state index >= 15 is 0 Å². The highest BCUT2D eigenvalue weighted by molar-refractivity contribution is 5.65. The number of aliphatic hydroxyl groups is 1. The summed E-state index contributed by atoms with van der Waals surface area (Å²) in [5, 5.41) is 18.7. The summed E-state index contributed by atoms with van der Waals surface area (Å²) in [6, 6.07) is -0.510. The number of alkyl halides is 3. The van der Waals surface area contributed by atoms with Gasteiger partial charge in [0.25, 0.3) is 0 Å². The van der Waals surface area contributed by atoms with E-state index in [-0.39, 0.29) is 25.6 Å². The number of amides is 1. The lowest BCUT2D eigenvalue weighted by atomic mass is 9.99. The van der Waals surface area contributed by atoms with Gasteiger partial charge in [-0.2, -0.15) is 13.2 Å². The van der Waals surface area contributed by atoms with Gasteiger partial charge in [-0.05, 0) is 13.8 Å². The third-order valence-corrected chi connectivity index (χ3v) is 3.97. The van der Waals surface area contributed by atoms with Gasteiger partial charge in [0.1, 0.15) is 6.04 Å². The second-order valence-electron chi connectivity index (χ2n) is 5.67. The van der Waals surface area contributed by atoms with Crippen LogP contribution in [0.25, 0.3) is 0 Å². The lowest BCUT2D eigenvalue weighted by Gasteiger charge is -2.38. The van der Waals surface area contributed by atoms with Crippen molar-refractivity contribution >= 4 is 12.0 Å². The first-order valence-electron chi connectivity index (χ1n) is 7.36. The molecule has 0 bridgehead atoms. The Hall–Kier alpha value is -2.54. The number of aromatic nitrogens is 2. The number of nitrogens with zero attached hydrogens (tertiary/aromatic N) is 4. The second-order valence-corrected chi connectivity index (χ2v) is 5.67. The van der Waals surface area contributed by atoms with E-state index in [1.165, 1.54) is 4.90 Å². The van der Waals surface area contributed by atoms with E-state index in [9.17, 15) is 23.1 Å². The second kappa shape index (κ2) is 6.76. The minimum absolute atomic E-state index is 0.113. The number of anilines is 1. The number of halogens is 3. The maximum Gasteiger partial charge on any atom is 0.421 e. The number of hydrogen-bond donors (Lipinski definition) is 2. The van der Waals surface area contributed by atoms with E-state index in [4.69, 9.17) is 5.11 Å². The molecular formula is C15H17F3N4O3. The molecule has 25 heavy (non-hydrogen) atoms. The molecule has 1 fully saturated rings. The highest BCUT2D eigenvalue weighted by Crippen LogP contribution is 2.38. The van der Waals surface area contributed by atoms with Crippen LogP contribution in [0.1, 0.15) is 19.4 Å². The number of piperazine rings is 1. The zero-order chi connectivity index (χ0) is 18.8. The molecule has 1 aliphatic rings. The molecule has 1 aromatic heterocycles. The molecule has 1 aliphatic heterocycles. The van der Waals surface area contributed by atoms with Gasteiger partial charge in [-0.25, -0.2) is 14.8 Å². The average Bonchev–Trinajstić information content (AvgIpc) is 2.54. The summed E-state index contributed by atoms with van der Waals surface area (Å²) in [6.07, 6.45) is -4.10. The van der Waals surface area contributed by atoms with E-state index in [1.807, 2.05) is 0 Å². The monoisotopic (exact) mass is 358 g/mol. The average molecular weight is 358 g/mol. The van der Waals surface area contributed by atoms with Crippen molar-refractivity contribution < 1.29 is 28.2 Å². The Kier molecular flexibility index (Phi) is 5.08. The van der Waals surface area contributed by atoms with Gasteiger partial charge in [0, 0.05) is 31.0 Å². The van der Waals surface area contributed by atoms with Gasteiger partial charge in [0.2, 0.25) is 5.95 Å². The zero-order valence-corrected chi connectivity index (χ0v) is 13.6. The third-order valence-electron chi connectivity index (χ3n) is 3.97. The van der Waals surface area contributed by atoms with E-state index in [0.717, 1.165) is 12.4 Å². The lowest BCUT2D eigenvalue weighted by Crippen LogP contribution is -2.54. The molecule has 136 valence electrons. The van der Waals surface area contributed by atoms with Gasteiger partial charge in [0.05, 0.1) is 6.54 Å². The highest BCUT2D eigenvalue weighted by Gasteiger charge is 2.51. The lowest BCUT2D eigenvalue weighted by molar-refractivity contribution is -0.259. The molecule has 2 N–H and O–H groups in total. The molecule has 2 heterocycles. The van der Waals surface area contributed by atoms with Crippen molar-refractivity contribution in [3.8, 4) is 11.8 Å². The first-order valence-corrected chi connectivity index (χ1v) is 7.36. The quantitative estimate of drug-likeness (QED) is 0.778. The molecule has 1 aromatic rings. The molecule has 0 radical (unpaired) electrons. The van der Waals surface area contributed by atoms with Crippen LogP contribution in [0.3, 0.4) is 0 Å². The number of hydrogen-bond acceptors (Lipinski definition) is 5. The summed E-state index contributed by atoms with van der Waals surface area (Å²) >= 11 is 0. The fourth-order valence-corrected chi connectivity index (χ4v) is 2.37. The third kappa shape index (κ3) is 3.76. The van der Waals surface area contributed by atoms with Gasteiger partial charge < -0.3 is 20.0 Å². The van der Waals surface area contributed by atoms with E-state index < -0.39 is 29.5 Å². The van der Waals surface area contributed by atoms with Crippen LogP contribution in [0.15, 0.2) is 12.4 Å². The van der Waals surface area contributed by atoms with Crippen molar-refractivity contribution in [2.75, 3.05) is 24.5 Å². The maximum atomic E-state index is 12.9. The minimum atomic E-state index is -4.86. The predicted octanol–water partition coefficient (Wildman–Crippen LogP) is 1.44. The molecule has 0 aliphatic carbocycles. The van der Waals surface area contributed by atoms with Crippen LogP contribution in [0.2, 0.25) is 0 Å². The molecule has 10 heteroatoms. The summed E-state index contributed by atoms with van der Waals surface area (Å²) in [4.78, 5) is 21.7.